The molecule has 0 amide bonds. The van der Waals surface area contributed by atoms with Crippen LogP contribution >= 0.6 is 22.9 Å². The molecular weight excluding hydrogens is 244 g/mol. The molecule has 2 heterocycles. The molecule has 2 aromatic rings. The van der Waals surface area contributed by atoms with E-state index in [9.17, 15) is 0 Å². The lowest BCUT2D eigenvalue weighted by Gasteiger charge is -2.12. The van der Waals surface area contributed by atoms with E-state index in [1.165, 1.54) is 11.3 Å². The van der Waals surface area contributed by atoms with Gasteiger partial charge in [-0.05, 0) is 32.0 Å². The molecule has 0 aliphatic heterocycles. The predicted octanol–water partition coefficient (Wildman–Crippen LogP) is 3.16. The fraction of sp³-hybridized carbons (Fsp3) is 0.273. The summed E-state index contributed by atoms with van der Waals surface area (Å²) in [5, 5.41) is 0. The summed E-state index contributed by atoms with van der Waals surface area (Å²) in [7, 11) is 0. The zero-order valence-electron chi connectivity index (χ0n) is 9.08. The first-order chi connectivity index (χ1) is 7.61. The number of hydrogen-bond acceptors (Lipinski definition) is 4. The molecule has 0 fully saturated rings. The van der Waals surface area contributed by atoms with Crippen molar-refractivity contribution < 1.29 is 4.42 Å². The lowest BCUT2D eigenvalue weighted by molar-refractivity contribution is 0.495. The largest absolute Gasteiger partial charge is 0.466 e. The lowest BCUT2D eigenvalue weighted by atomic mass is 10.1. The molecule has 0 saturated carbocycles. The number of nitrogens with one attached hydrogen (secondary N) is 1. The van der Waals surface area contributed by atoms with Crippen LogP contribution in [0.1, 0.15) is 28.0 Å². The second kappa shape index (κ2) is 4.59. The second-order valence-electron chi connectivity index (χ2n) is 3.61. The van der Waals surface area contributed by atoms with Crippen molar-refractivity contribution in [3.05, 3.63) is 44.5 Å². The number of rotatable bonds is 3. The van der Waals surface area contributed by atoms with Gasteiger partial charge in [0, 0.05) is 10.4 Å². The van der Waals surface area contributed by atoms with E-state index in [-0.39, 0.29) is 6.04 Å². The summed E-state index contributed by atoms with van der Waals surface area (Å²) >= 11 is 7.43. The molecule has 0 aliphatic carbocycles. The molecule has 2 rings (SSSR count). The van der Waals surface area contributed by atoms with Crippen LogP contribution in [0.5, 0.6) is 0 Å². The van der Waals surface area contributed by atoms with Gasteiger partial charge in [-0.25, -0.2) is 5.43 Å². The predicted molar refractivity (Wildman–Crippen MR) is 66.7 cm³/mol. The number of hydrogen-bond donors (Lipinski definition) is 2. The van der Waals surface area contributed by atoms with Crippen molar-refractivity contribution in [2.45, 2.75) is 19.9 Å². The Labute approximate surface area is 103 Å². The molecule has 16 heavy (non-hydrogen) atoms. The van der Waals surface area contributed by atoms with E-state index in [0.29, 0.717) is 0 Å². The van der Waals surface area contributed by atoms with E-state index in [1.54, 1.807) is 0 Å². The summed E-state index contributed by atoms with van der Waals surface area (Å²) in [4.78, 5) is 1.08. The van der Waals surface area contributed by atoms with Gasteiger partial charge in [-0.1, -0.05) is 11.6 Å². The van der Waals surface area contributed by atoms with Crippen molar-refractivity contribution in [3.63, 3.8) is 0 Å². The Hall–Kier alpha value is -0.810. The number of nitrogens with two attached hydrogens (primary N) is 1. The van der Waals surface area contributed by atoms with Gasteiger partial charge < -0.3 is 4.42 Å². The fourth-order valence-corrected chi connectivity index (χ4v) is 2.89. The van der Waals surface area contributed by atoms with Crippen LogP contribution in [-0.4, -0.2) is 0 Å². The molecule has 0 aromatic carbocycles. The Kier molecular flexibility index (Phi) is 3.35. The average Bonchev–Trinajstić information content (AvgIpc) is 2.76. The summed E-state index contributed by atoms with van der Waals surface area (Å²) in [6, 6.07) is 5.77. The third kappa shape index (κ3) is 2.15. The van der Waals surface area contributed by atoms with E-state index >= 15 is 0 Å². The van der Waals surface area contributed by atoms with Crippen LogP contribution in [0.15, 0.2) is 22.6 Å². The Morgan fingerprint density at radius 2 is 2.19 bits per heavy atom. The van der Waals surface area contributed by atoms with Gasteiger partial charge in [-0.3, -0.25) is 5.84 Å². The summed E-state index contributed by atoms with van der Waals surface area (Å²) < 4.78 is 6.26. The van der Waals surface area contributed by atoms with Gasteiger partial charge in [0.2, 0.25) is 0 Å². The quantitative estimate of drug-likeness (QED) is 0.655. The Morgan fingerprint density at radius 1 is 1.44 bits per heavy atom. The van der Waals surface area contributed by atoms with Crippen LogP contribution in [0.4, 0.5) is 0 Å². The summed E-state index contributed by atoms with van der Waals surface area (Å²) in [6.45, 7) is 3.85. The van der Waals surface area contributed by atoms with E-state index in [2.05, 4.69) is 5.43 Å². The summed E-state index contributed by atoms with van der Waals surface area (Å²) in [5.41, 5.74) is 3.85. The molecule has 5 heteroatoms. The van der Waals surface area contributed by atoms with Crippen LogP contribution in [0.2, 0.25) is 4.34 Å². The molecule has 1 atom stereocenters. The van der Waals surface area contributed by atoms with Gasteiger partial charge in [0.15, 0.2) is 0 Å². The van der Waals surface area contributed by atoms with Crippen LogP contribution in [0, 0.1) is 13.8 Å². The Balaban J connectivity index is 2.40. The highest BCUT2D eigenvalue weighted by atomic mass is 35.5. The Morgan fingerprint density at radius 3 is 2.62 bits per heavy atom. The van der Waals surface area contributed by atoms with Gasteiger partial charge in [-0.2, -0.15) is 0 Å². The topological polar surface area (TPSA) is 51.2 Å². The van der Waals surface area contributed by atoms with Crippen molar-refractivity contribution >= 4 is 22.9 Å². The van der Waals surface area contributed by atoms with Crippen molar-refractivity contribution in [2.24, 2.45) is 5.84 Å². The van der Waals surface area contributed by atoms with Gasteiger partial charge in [0.25, 0.3) is 0 Å². The van der Waals surface area contributed by atoms with Crippen molar-refractivity contribution in [1.82, 2.24) is 5.43 Å². The summed E-state index contributed by atoms with van der Waals surface area (Å²) in [6.07, 6.45) is 0. The third-order valence-corrected chi connectivity index (χ3v) is 3.73. The molecule has 0 bridgehead atoms. The van der Waals surface area contributed by atoms with Gasteiger partial charge in [0.1, 0.15) is 11.5 Å². The first kappa shape index (κ1) is 11.7. The van der Waals surface area contributed by atoms with Crippen molar-refractivity contribution in [3.8, 4) is 0 Å². The maximum atomic E-state index is 5.92. The minimum absolute atomic E-state index is 0.0602. The number of aryl methyl sites for hydroxylation is 2. The highest BCUT2D eigenvalue weighted by Crippen LogP contribution is 2.32. The smallest absolute Gasteiger partial charge is 0.106 e. The van der Waals surface area contributed by atoms with Crippen molar-refractivity contribution in [1.29, 1.82) is 0 Å². The minimum atomic E-state index is -0.0602. The second-order valence-corrected chi connectivity index (χ2v) is 5.36. The first-order valence-corrected chi connectivity index (χ1v) is 6.09. The van der Waals surface area contributed by atoms with Gasteiger partial charge in [0.05, 0.1) is 10.4 Å². The first-order valence-electron chi connectivity index (χ1n) is 4.90. The zero-order valence-corrected chi connectivity index (χ0v) is 10.7. The minimum Gasteiger partial charge on any atom is -0.466 e. The highest BCUT2D eigenvalue weighted by molar-refractivity contribution is 7.16. The summed E-state index contributed by atoms with van der Waals surface area (Å²) in [5.74, 6) is 7.36. The number of furan rings is 1. The van der Waals surface area contributed by atoms with Crippen LogP contribution < -0.4 is 11.3 Å². The molecule has 0 saturated heterocycles. The molecule has 86 valence electrons. The maximum Gasteiger partial charge on any atom is 0.106 e. The van der Waals surface area contributed by atoms with E-state index < -0.39 is 0 Å². The van der Waals surface area contributed by atoms with E-state index in [0.717, 1.165) is 26.3 Å². The Bertz CT molecular complexity index is 492. The molecule has 2 aromatic heterocycles. The van der Waals surface area contributed by atoms with Crippen molar-refractivity contribution in [2.75, 3.05) is 0 Å². The molecule has 1 unspecified atom stereocenters. The fourth-order valence-electron chi connectivity index (χ4n) is 1.75. The molecular formula is C11H13ClN2OS. The van der Waals surface area contributed by atoms with Crippen LogP contribution in [0.25, 0.3) is 0 Å². The molecule has 3 N–H and O–H groups in total. The van der Waals surface area contributed by atoms with Gasteiger partial charge in [-0.15, -0.1) is 11.3 Å². The van der Waals surface area contributed by atoms with Gasteiger partial charge >= 0.3 is 0 Å². The molecule has 0 aliphatic rings. The molecule has 0 spiro atoms. The molecule has 3 nitrogen and oxygen atoms in total. The number of thiophene rings is 1. The van der Waals surface area contributed by atoms with Crippen LogP contribution in [0.3, 0.4) is 0 Å². The normalized spacial score (nSPS) is 13.0. The maximum absolute atomic E-state index is 5.92. The third-order valence-electron chi connectivity index (χ3n) is 2.44. The van der Waals surface area contributed by atoms with Crippen LogP contribution in [-0.2, 0) is 0 Å². The monoisotopic (exact) mass is 256 g/mol. The number of halogens is 1. The zero-order chi connectivity index (χ0) is 11.7. The van der Waals surface area contributed by atoms with E-state index in [1.807, 2.05) is 32.0 Å². The highest BCUT2D eigenvalue weighted by Gasteiger charge is 2.19. The molecule has 0 radical (unpaired) electrons. The number of hydrazine groups is 1. The average molecular weight is 257 g/mol. The van der Waals surface area contributed by atoms with E-state index in [4.69, 9.17) is 21.9 Å². The standard InChI is InChI=1S/C11H13ClN2OS/c1-6-5-8(7(2)15-6)11(14-13)9-3-4-10(12)16-9/h3-5,11,14H,13H2,1-2H3. The SMILES string of the molecule is Cc1cc(C(NN)c2ccc(Cl)s2)c(C)o1. The lowest BCUT2D eigenvalue weighted by Crippen LogP contribution is -2.28.